The van der Waals surface area contributed by atoms with Gasteiger partial charge >= 0.3 is 6.18 Å². The van der Waals surface area contributed by atoms with Gasteiger partial charge in [0.2, 0.25) is 0 Å². The zero-order valence-electron chi connectivity index (χ0n) is 16.3. The largest absolute Gasteiger partial charge is 0.417 e. The number of amides is 1. The molecule has 2 heterocycles. The number of aromatic nitrogens is 3. The molecule has 0 bridgehead atoms. The lowest BCUT2D eigenvalue weighted by Crippen LogP contribution is -2.23. The number of nitrogens with one attached hydrogen (secondary N) is 1. The number of anilines is 1. The van der Waals surface area contributed by atoms with Gasteiger partial charge < -0.3 is 5.32 Å². The van der Waals surface area contributed by atoms with E-state index in [0.29, 0.717) is 27.5 Å². The molecular weight excluding hydrogens is 441 g/mol. The van der Waals surface area contributed by atoms with Gasteiger partial charge in [-0.15, -0.1) is 11.3 Å². The predicted molar refractivity (Wildman–Crippen MR) is 109 cm³/mol. The molecule has 0 atom stereocenters. The van der Waals surface area contributed by atoms with Crippen LogP contribution in [0, 0.1) is 20.8 Å². The number of hydrogen-bond donors (Lipinski definition) is 1. The zero-order valence-corrected chi connectivity index (χ0v) is 17.9. The molecule has 1 amide bonds. The maximum absolute atomic E-state index is 13.0. The monoisotopic (exact) mass is 456 g/mol. The maximum atomic E-state index is 13.0. The summed E-state index contributed by atoms with van der Waals surface area (Å²) in [6.45, 7) is 5.08. The van der Waals surface area contributed by atoms with Crippen LogP contribution >= 0.6 is 22.9 Å². The van der Waals surface area contributed by atoms with Crippen molar-refractivity contribution in [3.05, 3.63) is 61.0 Å². The zero-order chi connectivity index (χ0) is 22.4. The highest BCUT2D eigenvalue weighted by Gasteiger charge is 2.33. The van der Waals surface area contributed by atoms with Gasteiger partial charge in [0.25, 0.3) is 11.5 Å². The van der Waals surface area contributed by atoms with Gasteiger partial charge in [0.15, 0.2) is 0 Å². The Labute approximate surface area is 178 Å². The van der Waals surface area contributed by atoms with Crippen LogP contribution in [-0.4, -0.2) is 20.7 Å². The van der Waals surface area contributed by atoms with Crippen molar-refractivity contribution in [3.8, 4) is 10.6 Å². The molecular formula is C19H16ClF3N4O2S. The summed E-state index contributed by atoms with van der Waals surface area (Å²) in [5.41, 5.74) is 0.522. The van der Waals surface area contributed by atoms with E-state index < -0.39 is 22.7 Å². The molecule has 30 heavy (non-hydrogen) atoms. The van der Waals surface area contributed by atoms with Crippen molar-refractivity contribution in [3.63, 3.8) is 0 Å². The average Bonchev–Trinajstić information content (AvgIpc) is 3.02. The highest BCUT2D eigenvalue weighted by atomic mass is 35.5. The molecule has 6 nitrogen and oxygen atoms in total. The van der Waals surface area contributed by atoms with Gasteiger partial charge in [-0.2, -0.15) is 18.3 Å². The van der Waals surface area contributed by atoms with Gasteiger partial charge in [-0.05, 0) is 44.5 Å². The number of thiazole rings is 1. The minimum atomic E-state index is -4.65. The first-order chi connectivity index (χ1) is 13.9. The Bertz CT molecular complexity index is 1220. The van der Waals surface area contributed by atoms with E-state index in [1.807, 2.05) is 0 Å². The summed E-state index contributed by atoms with van der Waals surface area (Å²) in [7, 11) is 1.52. The van der Waals surface area contributed by atoms with E-state index in [1.54, 1.807) is 20.8 Å². The van der Waals surface area contributed by atoms with E-state index >= 15 is 0 Å². The molecule has 11 heteroatoms. The van der Waals surface area contributed by atoms with E-state index in [9.17, 15) is 22.8 Å². The average molecular weight is 457 g/mol. The fraction of sp³-hybridized carbons (Fsp3) is 0.263. The van der Waals surface area contributed by atoms with Crippen molar-refractivity contribution in [1.29, 1.82) is 0 Å². The number of alkyl halides is 3. The SMILES string of the molecule is Cc1nc(-c2c(C)c(C)nn(C)c2=O)sc1C(=O)Nc1ccc(Cl)c(C(F)(F)F)c1. The quantitative estimate of drug-likeness (QED) is 0.616. The summed E-state index contributed by atoms with van der Waals surface area (Å²) in [5.74, 6) is -0.632. The summed E-state index contributed by atoms with van der Waals surface area (Å²) < 4.78 is 40.3. The van der Waals surface area contributed by atoms with E-state index in [-0.39, 0.29) is 16.1 Å². The molecule has 0 unspecified atom stereocenters. The first kappa shape index (κ1) is 22.0. The Morgan fingerprint density at radius 3 is 2.50 bits per heavy atom. The maximum Gasteiger partial charge on any atom is 0.417 e. The van der Waals surface area contributed by atoms with Crippen molar-refractivity contribution in [2.45, 2.75) is 26.9 Å². The number of rotatable bonds is 3. The fourth-order valence-corrected chi connectivity index (χ4v) is 4.10. The third kappa shape index (κ3) is 4.10. The molecule has 0 aliphatic heterocycles. The first-order valence-electron chi connectivity index (χ1n) is 8.60. The smallest absolute Gasteiger partial charge is 0.321 e. The van der Waals surface area contributed by atoms with E-state index in [2.05, 4.69) is 15.4 Å². The summed E-state index contributed by atoms with van der Waals surface area (Å²) in [6.07, 6.45) is -4.65. The van der Waals surface area contributed by atoms with Gasteiger partial charge in [-0.1, -0.05) is 11.6 Å². The van der Waals surface area contributed by atoms with Crippen molar-refractivity contribution < 1.29 is 18.0 Å². The van der Waals surface area contributed by atoms with Crippen LogP contribution in [0.2, 0.25) is 5.02 Å². The molecule has 2 aromatic heterocycles. The van der Waals surface area contributed by atoms with Crippen LogP contribution in [-0.2, 0) is 13.2 Å². The minimum absolute atomic E-state index is 0.0575. The molecule has 3 rings (SSSR count). The molecule has 1 aromatic carbocycles. The Balaban J connectivity index is 1.98. The number of aryl methyl sites for hydroxylation is 3. The molecule has 158 valence electrons. The highest BCUT2D eigenvalue weighted by molar-refractivity contribution is 7.17. The van der Waals surface area contributed by atoms with Crippen LogP contribution in [0.4, 0.5) is 18.9 Å². The van der Waals surface area contributed by atoms with Crippen LogP contribution in [0.25, 0.3) is 10.6 Å². The van der Waals surface area contributed by atoms with Crippen molar-refractivity contribution in [1.82, 2.24) is 14.8 Å². The molecule has 0 radical (unpaired) electrons. The Morgan fingerprint density at radius 2 is 1.87 bits per heavy atom. The van der Waals surface area contributed by atoms with E-state index in [0.717, 1.165) is 23.5 Å². The highest BCUT2D eigenvalue weighted by Crippen LogP contribution is 2.36. The minimum Gasteiger partial charge on any atom is -0.321 e. The standard InChI is InChI=1S/C19H16ClF3N4O2S/c1-8-9(2)26-27(4)18(29)14(8)17-24-10(3)15(30-17)16(28)25-11-5-6-13(20)12(7-11)19(21,22)23/h5-7H,1-4H3,(H,25,28). The van der Waals surface area contributed by atoms with Crippen molar-refractivity contribution >= 4 is 34.5 Å². The van der Waals surface area contributed by atoms with Crippen LogP contribution in [0.3, 0.4) is 0 Å². The van der Waals surface area contributed by atoms with Gasteiger partial charge in [-0.3, -0.25) is 9.59 Å². The van der Waals surface area contributed by atoms with Crippen LogP contribution in [0.15, 0.2) is 23.0 Å². The topological polar surface area (TPSA) is 76.9 Å². The molecule has 0 fully saturated rings. The molecule has 0 aliphatic carbocycles. The summed E-state index contributed by atoms with van der Waals surface area (Å²) in [5, 5.41) is 6.43. The third-order valence-corrected chi connectivity index (χ3v) is 5.98. The number of carbonyl (C=O) groups excluding carboxylic acids is 1. The summed E-state index contributed by atoms with van der Waals surface area (Å²) in [6, 6.07) is 3.11. The molecule has 0 aliphatic rings. The van der Waals surface area contributed by atoms with E-state index in [1.165, 1.54) is 17.8 Å². The van der Waals surface area contributed by atoms with E-state index in [4.69, 9.17) is 11.6 Å². The lowest BCUT2D eigenvalue weighted by Gasteiger charge is -2.11. The summed E-state index contributed by atoms with van der Waals surface area (Å²) in [4.78, 5) is 29.7. The van der Waals surface area contributed by atoms with Crippen LogP contribution < -0.4 is 10.9 Å². The van der Waals surface area contributed by atoms with Gasteiger partial charge in [-0.25, -0.2) is 9.67 Å². The lowest BCUT2D eigenvalue weighted by molar-refractivity contribution is -0.137. The molecule has 0 saturated heterocycles. The van der Waals surface area contributed by atoms with Gasteiger partial charge in [0.05, 0.1) is 27.5 Å². The normalized spacial score (nSPS) is 11.6. The van der Waals surface area contributed by atoms with Gasteiger partial charge in [0.1, 0.15) is 9.88 Å². The summed E-state index contributed by atoms with van der Waals surface area (Å²) >= 11 is 6.59. The number of benzene rings is 1. The number of halogens is 4. The molecule has 1 N–H and O–H groups in total. The molecule has 0 saturated carbocycles. The number of carbonyl (C=O) groups is 1. The van der Waals surface area contributed by atoms with Crippen molar-refractivity contribution in [2.75, 3.05) is 5.32 Å². The lowest BCUT2D eigenvalue weighted by atomic mass is 10.1. The Hall–Kier alpha value is -2.72. The number of nitrogens with zero attached hydrogens (tertiary/aromatic N) is 3. The second kappa shape index (κ2) is 7.84. The van der Waals surface area contributed by atoms with Crippen molar-refractivity contribution in [2.24, 2.45) is 7.05 Å². The Kier molecular flexibility index (Phi) is 5.74. The van der Waals surface area contributed by atoms with Crippen LogP contribution in [0.5, 0.6) is 0 Å². The third-order valence-electron chi connectivity index (χ3n) is 4.47. The fourth-order valence-electron chi connectivity index (χ4n) is 2.82. The van der Waals surface area contributed by atoms with Gasteiger partial charge in [0, 0.05) is 12.7 Å². The Morgan fingerprint density at radius 1 is 1.20 bits per heavy atom. The van der Waals surface area contributed by atoms with Crippen LogP contribution in [0.1, 0.15) is 32.2 Å². The first-order valence-corrected chi connectivity index (χ1v) is 9.80. The second-order valence-electron chi connectivity index (χ2n) is 6.59. The predicted octanol–water partition coefficient (Wildman–Crippen LogP) is 4.75. The number of hydrogen-bond acceptors (Lipinski definition) is 5. The molecule has 0 spiro atoms. The second-order valence-corrected chi connectivity index (χ2v) is 8.00. The molecule has 3 aromatic rings.